The van der Waals surface area contributed by atoms with Crippen LogP contribution < -0.4 is 11.1 Å². The first kappa shape index (κ1) is 16.8. The lowest BCUT2D eigenvalue weighted by atomic mass is 10.1. The van der Waals surface area contributed by atoms with Crippen LogP contribution in [0.3, 0.4) is 0 Å². The van der Waals surface area contributed by atoms with Crippen molar-refractivity contribution in [1.82, 2.24) is 10.3 Å². The van der Waals surface area contributed by atoms with Gasteiger partial charge in [0.2, 0.25) is 0 Å². The second-order valence-electron chi connectivity index (χ2n) is 5.10. The summed E-state index contributed by atoms with van der Waals surface area (Å²) in [4.78, 5) is 25.6. The zero-order chi connectivity index (χ0) is 16.4. The number of aromatic nitrogens is 1. The molecule has 0 aliphatic carbocycles. The van der Waals surface area contributed by atoms with Gasteiger partial charge in [-0.2, -0.15) is 0 Å². The molecule has 3 N–H and O–H groups in total. The van der Waals surface area contributed by atoms with E-state index in [1.54, 1.807) is 0 Å². The van der Waals surface area contributed by atoms with Gasteiger partial charge in [-0.25, -0.2) is 13.4 Å². The zero-order valence-corrected chi connectivity index (χ0v) is 12.6. The van der Waals surface area contributed by atoms with E-state index in [4.69, 9.17) is 5.73 Å². The topological polar surface area (TPSA) is 145 Å². The highest BCUT2D eigenvalue weighted by Gasteiger charge is 2.31. The van der Waals surface area contributed by atoms with Crippen molar-refractivity contribution < 1.29 is 18.1 Å². The maximum Gasteiger partial charge on any atom is 0.300 e. The molecule has 0 aliphatic heterocycles. The second-order valence-corrected chi connectivity index (χ2v) is 7.75. The Morgan fingerprint density at radius 2 is 2.10 bits per heavy atom. The molecule has 10 heteroatoms. The molecule has 9 nitrogen and oxygen atoms in total. The van der Waals surface area contributed by atoms with Gasteiger partial charge in [-0.3, -0.25) is 14.9 Å². The summed E-state index contributed by atoms with van der Waals surface area (Å²) in [7, 11) is -3.40. The van der Waals surface area contributed by atoms with Gasteiger partial charge >= 0.3 is 0 Å². The Hall–Kier alpha value is -2.23. The third-order valence-corrected chi connectivity index (χ3v) is 5.18. The van der Waals surface area contributed by atoms with Crippen molar-refractivity contribution in [3.8, 4) is 0 Å². The molecule has 0 saturated heterocycles. The third-order valence-electron chi connectivity index (χ3n) is 3.02. The van der Waals surface area contributed by atoms with E-state index in [1.807, 2.05) is 0 Å². The Bertz CT molecular complexity index is 684. The van der Waals surface area contributed by atoms with E-state index in [0.29, 0.717) is 0 Å². The quantitative estimate of drug-likeness (QED) is 0.579. The number of pyridine rings is 1. The van der Waals surface area contributed by atoms with Crippen LogP contribution in [0.1, 0.15) is 24.2 Å². The number of amides is 1. The number of hydrogen-bond acceptors (Lipinski definition) is 7. The largest absolute Gasteiger partial charge is 0.384 e. The minimum absolute atomic E-state index is 0.0480. The number of hydrogen-bond donors (Lipinski definition) is 2. The van der Waals surface area contributed by atoms with Gasteiger partial charge in [-0.05, 0) is 19.9 Å². The first-order valence-electron chi connectivity index (χ1n) is 5.83. The molecule has 0 unspecified atom stereocenters. The number of nitrogen functional groups attached to an aromatic ring is 1. The predicted octanol–water partition coefficient (Wildman–Crippen LogP) is 0.125. The van der Waals surface area contributed by atoms with Crippen molar-refractivity contribution in [2.24, 2.45) is 0 Å². The summed E-state index contributed by atoms with van der Waals surface area (Å²) in [5.74, 6) is -0.833. The smallest absolute Gasteiger partial charge is 0.300 e. The van der Waals surface area contributed by atoms with Crippen LogP contribution >= 0.6 is 0 Å². The zero-order valence-electron chi connectivity index (χ0n) is 11.8. The first-order chi connectivity index (χ1) is 9.45. The van der Waals surface area contributed by atoms with Gasteiger partial charge < -0.3 is 11.1 Å². The van der Waals surface area contributed by atoms with Crippen LogP contribution in [0.5, 0.6) is 0 Å². The summed E-state index contributed by atoms with van der Waals surface area (Å²) >= 11 is 0. The fourth-order valence-corrected chi connectivity index (χ4v) is 1.65. The van der Waals surface area contributed by atoms with Crippen LogP contribution in [-0.4, -0.2) is 41.8 Å². The van der Waals surface area contributed by atoms with Crippen LogP contribution in [0.25, 0.3) is 0 Å². The standard InChI is InChI=1S/C11H16N4O5S/c1-11(2,21(3,19)20)6-14-10(16)7-4-9(12)13-5-8(7)15(17)18/h4-5H,6H2,1-3H3,(H2,12,13)(H,14,16). The summed E-state index contributed by atoms with van der Waals surface area (Å²) in [6.07, 6.45) is 1.93. The van der Waals surface area contributed by atoms with E-state index in [-0.39, 0.29) is 17.9 Å². The predicted molar refractivity (Wildman–Crippen MR) is 76.6 cm³/mol. The Labute approximate surface area is 121 Å². The number of carbonyl (C=O) groups is 1. The maximum absolute atomic E-state index is 12.0. The second kappa shape index (κ2) is 5.64. The lowest BCUT2D eigenvalue weighted by Gasteiger charge is -2.22. The molecule has 1 aromatic rings. The molecule has 0 fully saturated rings. The molecule has 116 valence electrons. The van der Waals surface area contributed by atoms with Crippen molar-refractivity contribution in [2.75, 3.05) is 18.5 Å². The molecular weight excluding hydrogens is 300 g/mol. The molecule has 0 atom stereocenters. The third kappa shape index (κ3) is 3.88. The van der Waals surface area contributed by atoms with Crippen molar-refractivity contribution in [3.63, 3.8) is 0 Å². The van der Waals surface area contributed by atoms with Gasteiger partial charge in [0, 0.05) is 12.8 Å². The number of carbonyl (C=O) groups excluding carboxylic acids is 1. The molecule has 0 radical (unpaired) electrons. The summed E-state index contributed by atoms with van der Waals surface area (Å²) in [6.45, 7) is 2.69. The molecule has 0 aromatic carbocycles. The normalized spacial score (nSPS) is 12.0. The monoisotopic (exact) mass is 316 g/mol. The van der Waals surface area contributed by atoms with Gasteiger partial charge in [0.05, 0.1) is 9.67 Å². The lowest BCUT2D eigenvalue weighted by Crippen LogP contribution is -2.43. The molecule has 0 bridgehead atoms. The van der Waals surface area contributed by atoms with Crippen LogP contribution in [-0.2, 0) is 9.84 Å². The number of nitrogens with one attached hydrogen (secondary N) is 1. The van der Waals surface area contributed by atoms with E-state index in [1.165, 1.54) is 13.8 Å². The summed E-state index contributed by atoms with van der Waals surface area (Å²) in [5, 5.41) is 13.2. The Morgan fingerprint density at radius 3 is 2.57 bits per heavy atom. The Morgan fingerprint density at radius 1 is 1.52 bits per heavy atom. The Kier molecular flexibility index (Phi) is 4.52. The average molecular weight is 316 g/mol. The van der Waals surface area contributed by atoms with Crippen molar-refractivity contribution in [2.45, 2.75) is 18.6 Å². The summed E-state index contributed by atoms with van der Waals surface area (Å²) < 4.78 is 21.9. The van der Waals surface area contributed by atoms with Crippen molar-refractivity contribution in [3.05, 3.63) is 27.9 Å². The molecule has 1 heterocycles. The molecule has 0 aliphatic rings. The maximum atomic E-state index is 12.0. The first-order valence-corrected chi connectivity index (χ1v) is 7.72. The Balaban J connectivity index is 3.01. The van der Waals surface area contributed by atoms with E-state index in [2.05, 4.69) is 10.3 Å². The number of anilines is 1. The van der Waals surface area contributed by atoms with Gasteiger partial charge in [0.25, 0.3) is 11.6 Å². The highest BCUT2D eigenvalue weighted by atomic mass is 32.2. The number of nitrogens with zero attached hydrogens (tertiary/aromatic N) is 2. The summed E-state index contributed by atoms with van der Waals surface area (Å²) in [5.41, 5.74) is 4.64. The average Bonchev–Trinajstić information content (AvgIpc) is 2.34. The molecule has 1 rings (SSSR count). The minimum atomic E-state index is -3.40. The van der Waals surface area contributed by atoms with E-state index in [0.717, 1.165) is 18.5 Å². The summed E-state index contributed by atoms with van der Waals surface area (Å²) in [6, 6.07) is 1.07. The van der Waals surface area contributed by atoms with Crippen LogP contribution in [0.4, 0.5) is 11.5 Å². The van der Waals surface area contributed by atoms with E-state index in [9.17, 15) is 23.3 Å². The number of nitro groups is 1. The fraction of sp³-hybridized carbons (Fsp3) is 0.455. The van der Waals surface area contributed by atoms with E-state index >= 15 is 0 Å². The molecule has 0 saturated carbocycles. The lowest BCUT2D eigenvalue weighted by molar-refractivity contribution is -0.385. The van der Waals surface area contributed by atoms with Crippen LogP contribution in [0, 0.1) is 10.1 Å². The van der Waals surface area contributed by atoms with Crippen LogP contribution in [0.2, 0.25) is 0 Å². The van der Waals surface area contributed by atoms with Crippen molar-refractivity contribution >= 4 is 27.2 Å². The highest BCUT2D eigenvalue weighted by Crippen LogP contribution is 2.19. The molecule has 1 aromatic heterocycles. The minimum Gasteiger partial charge on any atom is -0.384 e. The molecular formula is C11H16N4O5S. The number of sulfone groups is 1. The highest BCUT2D eigenvalue weighted by molar-refractivity contribution is 7.92. The van der Waals surface area contributed by atoms with E-state index < -0.39 is 31.1 Å². The van der Waals surface area contributed by atoms with Gasteiger partial charge in [0.15, 0.2) is 9.84 Å². The number of nitrogens with two attached hydrogens (primary N) is 1. The van der Waals surface area contributed by atoms with Gasteiger partial charge in [-0.15, -0.1) is 0 Å². The SMILES string of the molecule is CC(C)(CNC(=O)c1cc(N)ncc1[N+](=O)[O-])S(C)(=O)=O. The van der Waals surface area contributed by atoms with Crippen LogP contribution in [0.15, 0.2) is 12.3 Å². The number of rotatable bonds is 5. The molecule has 1 amide bonds. The van der Waals surface area contributed by atoms with Gasteiger partial charge in [-0.1, -0.05) is 0 Å². The molecule has 21 heavy (non-hydrogen) atoms. The molecule has 0 spiro atoms. The fourth-order valence-electron chi connectivity index (χ4n) is 1.31. The van der Waals surface area contributed by atoms with Crippen molar-refractivity contribution in [1.29, 1.82) is 0 Å². The van der Waals surface area contributed by atoms with Gasteiger partial charge in [0.1, 0.15) is 17.6 Å².